The van der Waals surface area contributed by atoms with Gasteiger partial charge in [-0.05, 0) is 48.9 Å². The van der Waals surface area contributed by atoms with Gasteiger partial charge in [0, 0.05) is 22.1 Å². The molecule has 0 aliphatic rings. The monoisotopic (exact) mass is 447 g/mol. The zero-order chi connectivity index (χ0) is 19.1. The van der Waals surface area contributed by atoms with Crippen LogP contribution >= 0.6 is 27.5 Å². The molecule has 3 aromatic carbocycles. The van der Waals surface area contributed by atoms with Gasteiger partial charge in [0.05, 0.1) is 5.02 Å². The highest BCUT2D eigenvalue weighted by Gasteiger charge is 2.10. The predicted molar refractivity (Wildman–Crippen MR) is 112 cm³/mol. The van der Waals surface area contributed by atoms with Crippen molar-refractivity contribution in [2.45, 2.75) is 19.6 Å². The normalized spacial score (nSPS) is 10.8. The van der Waals surface area contributed by atoms with Crippen LogP contribution in [0.4, 0.5) is 4.39 Å². The van der Waals surface area contributed by atoms with Gasteiger partial charge >= 0.3 is 0 Å². The third kappa shape index (κ3) is 5.80. The van der Waals surface area contributed by atoms with E-state index >= 15 is 0 Å². The Morgan fingerprint density at radius 1 is 1.00 bits per heavy atom. The van der Waals surface area contributed by atoms with Crippen LogP contribution in [0.15, 0.2) is 71.2 Å². The first-order valence-corrected chi connectivity index (χ1v) is 9.89. The van der Waals surface area contributed by atoms with Crippen LogP contribution in [0.25, 0.3) is 0 Å². The lowest BCUT2D eigenvalue weighted by atomic mass is 10.1. The summed E-state index contributed by atoms with van der Waals surface area (Å²) in [5, 5.41) is 3.81. The van der Waals surface area contributed by atoms with Crippen molar-refractivity contribution in [1.29, 1.82) is 0 Å². The molecule has 0 unspecified atom stereocenters. The zero-order valence-electron chi connectivity index (χ0n) is 14.7. The molecule has 0 aliphatic heterocycles. The van der Waals surface area contributed by atoms with Gasteiger partial charge < -0.3 is 10.1 Å². The van der Waals surface area contributed by atoms with Crippen molar-refractivity contribution in [2.24, 2.45) is 0 Å². The first-order valence-electron chi connectivity index (χ1n) is 8.72. The average Bonchev–Trinajstić information content (AvgIpc) is 2.67. The van der Waals surface area contributed by atoms with Gasteiger partial charge in [0.15, 0.2) is 0 Å². The summed E-state index contributed by atoms with van der Waals surface area (Å²) < 4.78 is 20.8. The van der Waals surface area contributed by atoms with Crippen molar-refractivity contribution < 1.29 is 9.13 Å². The fourth-order valence-corrected chi connectivity index (χ4v) is 3.37. The summed E-state index contributed by atoms with van der Waals surface area (Å²) in [5.41, 5.74) is 2.67. The third-order valence-corrected chi connectivity index (χ3v) is 5.05. The molecule has 0 saturated heterocycles. The lowest BCUT2D eigenvalue weighted by Crippen LogP contribution is -2.17. The molecule has 0 saturated carbocycles. The second-order valence-electron chi connectivity index (χ2n) is 6.15. The molecule has 0 amide bonds. The highest BCUT2D eigenvalue weighted by Crippen LogP contribution is 2.26. The van der Waals surface area contributed by atoms with Crippen LogP contribution < -0.4 is 10.1 Å². The van der Waals surface area contributed by atoms with Gasteiger partial charge in [-0.2, -0.15) is 0 Å². The first kappa shape index (κ1) is 19.9. The number of hydrogen-bond donors (Lipinski definition) is 1. The molecule has 27 heavy (non-hydrogen) atoms. The minimum Gasteiger partial charge on any atom is -0.488 e. The van der Waals surface area contributed by atoms with Crippen LogP contribution in [0.5, 0.6) is 5.75 Å². The van der Waals surface area contributed by atoms with E-state index in [4.69, 9.17) is 16.3 Å². The molecule has 3 rings (SSSR count). The van der Waals surface area contributed by atoms with Gasteiger partial charge in [-0.15, -0.1) is 0 Å². The summed E-state index contributed by atoms with van der Waals surface area (Å²) in [5.74, 6) is 0.354. The summed E-state index contributed by atoms with van der Waals surface area (Å²) in [4.78, 5) is 0. The highest BCUT2D eigenvalue weighted by molar-refractivity contribution is 9.10. The first-order chi connectivity index (χ1) is 13.1. The Bertz CT molecular complexity index is 868. The molecular weight excluding hydrogens is 429 g/mol. The average molecular weight is 449 g/mol. The smallest absolute Gasteiger partial charge is 0.131 e. The van der Waals surface area contributed by atoms with Crippen molar-refractivity contribution in [3.63, 3.8) is 0 Å². The molecule has 0 aromatic heterocycles. The van der Waals surface area contributed by atoms with Gasteiger partial charge in [-0.25, -0.2) is 4.39 Å². The van der Waals surface area contributed by atoms with Crippen molar-refractivity contribution in [2.75, 3.05) is 6.54 Å². The molecule has 0 heterocycles. The maximum atomic E-state index is 13.9. The van der Waals surface area contributed by atoms with E-state index in [0.29, 0.717) is 22.9 Å². The van der Waals surface area contributed by atoms with E-state index in [1.807, 2.05) is 36.4 Å². The van der Waals surface area contributed by atoms with Crippen LogP contribution in [0.1, 0.15) is 16.7 Å². The fraction of sp³-hybridized carbons (Fsp3) is 0.182. The van der Waals surface area contributed by atoms with Crippen LogP contribution in [0.3, 0.4) is 0 Å². The second-order valence-corrected chi connectivity index (χ2v) is 7.48. The number of rotatable bonds is 8. The van der Waals surface area contributed by atoms with Crippen molar-refractivity contribution in [3.05, 3.63) is 98.7 Å². The molecule has 0 radical (unpaired) electrons. The molecule has 3 aromatic rings. The van der Waals surface area contributed by atoms with E-state index in [2.05, 4.69) is 33.4 Å². The van der Waals surface area contributed by atoms with Crippen LogP contribution in [-0.2, 0) is 19.6 Å². The maximum Gasteiger partial charge on any atom is 0.131 e. The number of ether oxygens (including phenoxy) is 1. The summed E-state index contributed by atoms with van der Waals surface area (Å²) >= 11 is 9.58. The third-order valence-electron chi connectivity index (χ3n) is 4.20. The molecule has 0 bridgehead atoms. The Balaban J connectivity index is 1.61. The lowest BCUT2D eigenvalue weighted by molar-refractivity contribution is 0.296. The summed E-state index contributed by atoms with van der Waals surface area (Å²) in [6.45, 7) is 1.60. The lowest BCUT2D eigenvalue weighted by Gasteiger charge is -2.14. The maximum absolute atomic E-state index is 13.9. The Hall–Kier alpha value is -1.88. The van der Waals surface area contributed by atoms with Gasteiger partial charge in [-0.1, -0.05) is 63.9 Å². The molecule has 0 spiro atoms. The number of nitrogens with one attached hydrogen (secondary N) is 1. The Morgan fingerprint density at radius 3 is 2.59 bits per heavy atom. The highest BCUT2D eigenvalue weighted by atomic mass is 79.9. The van der Waals surface area contributed by atoms with Gasteiger partial charge in [0.25, 0.3) is 0 Å². The standard InChI is InChI=1S/C22H20BrClFNO/c23-18-9-10-22(27-15-19-20(24)7-4-8-21(19)25)17(13-18)14-26-12-11-16-5-2-1-3-6-16/h1-10,13,26H,11-12,14-15H2. The Labute approximate surface area is 172 Å². The van der Waals surface area contributed by atoms with Crippen LogP contribution in [0, 0.1) is 5.82 Å². The molecule has 0 atom stereocenters. The van der Waals surface area contributed by atoms with E-state index in [9.17, 15) is 4.39 Å². The molecule has 0 fully saturated rings. The SMILES string of the molecule is Fc1cccc(Cl)c1COc1ccc(Br)cc1CNCCc1ccccc1. The molecule has 2 nitrogen and oxygen atoms in total. The molecular formula is C22H20BrClFNO. The summed E-state index contributed by atoms with van der Waals surface area (Å²) in [6, 6.07) is 20.8. The quantitative estimate of drug-likeness (QED) is 0.417. The number of halogens is 3. The van der Waals surface area contributed by atoms with E-state index in [1.165, 1.54) is 11.6 Å². The van der Waals surface area contributed by atoms with Crippen molar-refractivity contribution >= 4 is 27.5 Å². The van der Waals surface area contributed by atoms with E-state index in [-0.39, 0.29) is 12.4 Å². The minimum atomic E-state index is -0.359. The predicted octanol–water partition coefficient (Wildman–Crippen LogP) is 6.15. The van der Waals surface area contributed by atoms with Gasteiger partial charge in [0.2, 0.25) is 0 Å². The number of benzene rings is 3. The largest absolute Gasteiger partial charge is 0.488 e. The molecule has 140 valence electrons. The molecule has 5 heteroatoms. The fourth-order valence-electron chi connectivity index (χ4n) is 2.75. The minimum absolute atomic E-state index is 0.0875. The topological polar surface area (TPSA) is 21.3 Å². The van der Waals surface area contributed by atoms with E-state index in [0.717, 1.165) is 23.0 Å². The number of hydrogen-bond acceptors (Lipinski definition) is 2. The van der Waals surface area contributed by atoms with Gasteiger partial charge in [-0.3, -0.25) is 0 Å². The van der Waals surface area contributed by atoms with Crippen molar-refractivity contribution in [3.8, 4) is 5.75 Å². The van der Waals surface area contributed by atoms with Crippen LogP contribution in [0.2, 0.25) is 5.02 Å². The Morgan fingerprint density at radius 2 is 1.81 bits per heavy atom. The van der Waals surface area contributed by atoms with Gasteiger partial charge in [0.1, 0.15) is 18.2 Å². The van der Waals surface area contributed by atoms with E-state index < -0.39 is 0 Å². The second kappa shape index (κ2) is 9.88. The molecule has 1 N–H and O–H groups in total. The Kier molecular flexibility index (Phi) is 7.27. The molecule has 0 aliphatic carbocycles. The zero-order valence-corrected chi connectivity index (χ0v) is 17.1. The summed E-state index contributed by atoms with van der Waals surface area (Å²) in [7, 11) is 0. The van der Waals surface area contributed by atoms with E-state index in [1.54, 1.807) is 12.1 Å². The summed E-state index contributed by atoms with van der Waals surface area (Å²) in [6.07, 6.45) is 0.954. The van der Waals surface area contributed by atoms with Crippen LogP contribution in [-0.4, -0.2) is 6.54 Å². The van der Waals surface area contributed by atoms with Crippen molar-refractivity contribution in [1.82, 2.24) is 5.32 Å².